The third-order valence-corrected chi connectivity index (χ3v) is 7.58. The molecule has 0 aliphatic carbocycles. The number of hydrogen-bond donors (Lipinski definition) is 1. The Morgan fingerprint density at radius 2 is 1.70 bits per heavy atom. The quantitative estimate of drug-likeness (QED) is 0.261. The van der Waals surface area contributed by atoms with Crippen LogP contribution in [0.5, 0.6) is 0 Å². The minimum absolute atomic E-state index is 0.151. The van der Waals surface area contributed by atoms with E-state index in [1.54, 1.807) is 28.9 Å². The number of anilines is 1. The van der Waals surface area contributed by atoms with Gasteiger partial charge in [-0.05, 0) is 62.4 Å². The summed E-state index contributed by atoms with van der Waals surface area (Å²) < 4.78 is 42.7. The van der Waals surface area contributed by atoms with Gasteiger partial charge in [-0.25, -0.2) is 22.9 Å². The first-order chi connectivity index (χ1) is 17.7. The van der Waals surface area contributed by atoms with Crippen molar-refractivity contribution in [3.05, 3.63) is 107 Å². The lowest BCUT2D eigenvalue weighted by molar-refractivity contribution is -0.119. The van der Waals surface area contributed by atoms with E-state index in [0.29, 0.717) is 11.3 Å². The molecule has 4 aromatic rings. The first kappa shape index (κ1) is 26.1. The largest absolute Gasteiger partial charge is 0.271 e. The molecular weight excluding hydrogens is 517 g/mol. The number of amides is 1. The number of hydrogen-bond acceptors (Lipinski definition) is 5. The second-order valence-electron chi connectivity index (χ2n) is 8.13. The van der Waals surface area contributed by atoms with E-state index in [4.69, 9.17) is 11.6 Å². The van der Waals surface area contributed by atoms with E-state index < -0.39 is 28.3 Å². The molecule has 0 bridgehead atoms. The summed E-state index contributed by atoms with van der Waals surface area (Å²) in [6.07, 6.45) is 1.35. The van der Waals surface area contributed by atoms with Gasteiger partial charge < -0.3 is 0 Å². The molecule has 37 heavy (non-hydrogen) atoms. The highest BCUT2D eigenvalue weighted by molar-refractivity contribution is 7.92. The second kappa shape index (κ2) is 10.9. The van der Waals surface area contributed by atoms with Crippen molar-refractivity contribution in [2.45, 2.75) is 18.7 Å². The highest BCUT2D eigenvalue weighted by Gasteiger charge is 2.27. The Morgan fingerprint density at radius 3 is 2.35 bits per heavy atom. The van der Waals surface area contributed by atoms with Crippen LogP contribution in [-0.4, -0.2) is 36.9 Å². The number of benzene rings is 3. The van der Waals surface area contributed by atoms with Gasteiger partial charge in [0.2, 0.25) is 0 Å². The molecule has 1 N–H and O–H groups in total. The van der Waals surface area contributed by atoms with E-state index in [1.807, 2.05) is 44.2 Å². The number of para-hydroxylation sites is 1. The van der Waals surface area contributed by atoms with Gasteiger partial charge in [0, 0.05) is 0 Å². The predicted octanol–water partition coefficient (Wildman–Crippen LogP) is 4.63. The molecule has 3 aromatic carbocycles. The summed E-state index contributed by atoms with van der Waals surface area (Å²) in [5.74, 6) is -1.26. The maximum Gasteiger partial charge on any atom is 0.264 e. The number of halogens is 2. The Hall–Kier alpha value is -4.02. The molecule has 0 radical (unpaired) electrons. The fourth-order valence-corrected chi connectivity index (χ4v) is 5.22. The summed E-state index contributed by atoms with van der Waals surface area (Å²) in [5.41, 5.74) is 5.55. The maximum absolute atomic E-state index is 13.4. The molecular formula is C26H23ClFN5O3S. The number of sulfonamides is 1. The number of carbonyl (C=O) groups excluding carboxylic acids is 1. The zero-order valence-electron chi connectivity index (χ0n) is 20.0. The van der Waals surface area contributed by atoms with Gasteiger partial charge in [-0.15, -0.1) is 0 Å². The van der Waals surface area contributed by atoms with Gasteiger partial charge in [-0.2, -0.15) is 10.2 Å². The number of rotatable bonds is 8. The molecule has 0 aliphatic rings. The van der Waals surface area contributed by atoms with Crippen LogP contribution in [0.1, 0.15) is 16.8 Å². The Bertz CT molecular complexity index is 1540. The second-order valence-corrected chi connectivity index (χ2v) is 10.4. The SMILES string of the molecule is Cc1ccc(N(CC(=O)N/N=C\c2c(Cl)nn(-c3ccccc3)c2C)S(=O)(=O)c2ccc(F)cc2)cc1. The van der Waals surface area contributed by atoms with Gasteiger partial charge in [0.05, 0.1) is 33.7 Å². The van der Waals surface area contributed by atoms with Gasteiger partial charge in [-0.1, -0.05) is 47.5 Å². The molecule has 4 rings (SSSR count). The zero-order chi connectivity index (χ0) is 26.6. The number of hydrazone groups is 1. The molecule has 1 aromatic heterocycles. The average Bonchev–Trinajstić information content (AvgIpc) is 3.17. The minimum Gasteiger partial charge on any atom is -0.271 e. The van der Waals surface area contributed by atoms with Crippen LogP contribution in [0, 0.1) is 19.7 Å². The first-order valence-electron chi connectivity index (χ1n) is 11.1. The fourth-order valence-electron chi connectivity index (χ4n) is 3.54. The predicted molar refractivity (Wildman–Crippen MR) is 141 cm³/mol. The van der Waals surface area contributed by atoms with Gasteiger partial charge in [-0.3, -0.25) is 9.10 Å². The monoisotopic (exact) mass is 539 g/mol. The molecule has 0 unspecified atom stereocenters. The maximum atomic E-state index is 13.4. The molecule has 0 aliphatic heterocycles. The Balaban J connectivity index is 1.55. The van der Waals surface area contributed by atoms with Crippen LogP contribution in [0.4, 0.5) is 10.1 Å². The van der Waals surface area contributed by atoms with E-state index in [-0.39, 0.29) is 15.7 Å². The highest BCUT2D eigenvalue weighted by atomic mass is 35.5. The average molecular weight is 540 g/mol. The van der Waals surface area contributed by atoms with Crippen molar-refractivity contribution >= 4 is 39.4 Å². The molecule has 190 valence electrons. The number of aromatic nitrogens is 2. The van der Waals surface area contributed by atoms with Crippen molar-refractivity contribution in [3.63, 3.8) is 0 Å². The zero-order valence-corrected chi connectivity index (χ0v) is 21.5. The number of carbonyl (C=O) groups is 1. The molecule has 0 atom stereocenters. The lowest BCUT2D eigenvalue weighted by Gasteiger charge is -2.23. The summed E-state index contributed by atoms with van der Waals surface area (Å²) in [6.45, 7) is 3.11. The van der Waals surface area contributed by atoms with Crippen molar-refractivity contribution in [2.75, 3.05) is 10.8 Å². The van der Waals surface area contributed by atoms with Crippen LogP contribution in [0.3, 0.4) is 0 Å². The summed E-state index contributed by atoms with van der Waals surface area (Å²) in [4.78, 5) is 12.6. The van der Waals surface area contributed by atoms with E-state index in [2.05, 4.69) is 15.6 Å². The van der Waals surface area contributed by atoms with Crippen molar-refractivity contribution < 1.29 is 17.6 Å². The molecule has 1 heterocycles. The van der Waals surface area contributed by atoms with Crippen molar-refractivity contribution in [2.24, 2.45) is 5.10 Å². The fraction of sp³-hybridized carbons (Fsp3) is 0.115. The van der Waals surface area contributed by atoms with E-state index in [1.165, 1.54) is 6.21 Å². The van der Waals surface area contributed by atoms with Crippen LogP contribution in [0.2, 0.25) is 5.15 Å². The van der Waals surface area contributed by atoms with Crippen molar-refractivity contribution in [3.8, 4) is 5.69 Å². The topological polar surface area (TPSA) is 96.7 Å². The molecule has 11 heteroatoms. The molecule has 0 saturated carbocycles. The van der Waals surface area contributed by atoms with Crippen molar-refractivity contribution in [1.29, 1.82) is 0 Å². The Morgan fingerprint density at radius 1 is 1.05 bits per heavy atom. The van der Waals surface area contributed by atoms with Crippen LogP contribution in [0.25, 0.3) is 5.69 Å². The van der Waals surface area contributed by atoms with Gasteiger partial charge in [0.15, 0.2) is 5.15 Å². The first-order valence-corrected chi connectivity index (χ1v) is 13.0. The number of nitrogens with zero attached hydrogens (tertiary/aromatic N) is 4. The van der Waals surface area contributed by atoms with Crippen LogP contribution < -0.4 is 9.73 Å². The van der Waals surface area contributed by atoms with Crippen LogP contribution in [0.15, 0.2) is 88.9 Å². The molecule has 0 fully saturated rings. The third kappa shape index (κ3) is 5.87. The summed E-state index contributed by atoms with van der Waals surface area (Å²) in [5, 5.41) is 8.47. The third-order valence-electron chi connectivity index (χ3n) is 5.51. The minimum atomic E-state index is -4.18. The van der Waals surface area contributed by atoms with Crippen LogP contribution >= 0.6 is 11.6 Å². The molecule has 1 amide bonds. The summed E-state index contributed by atoms with van der Waals surface area (Å²) in [7, 11) is -4.18. The molecule has 8 nitrogen and oxygen atoms in total. The summed E-state index contributed by atoms with van der Waals surface area (Å²) in [6, 6.07) is 20.4. The van der Waals surface area contributed by atoms with Gasteiger partial charge in [0.1, 0.15) is 12.4 Å². The molecule has 0 saturated heterocycles. The van der Waals surface area contributed by atoms with Gasteiger partial charge in [0.25, 0.3) is 15.9 Å². The van der Waals surface area contributed by atoms with E-state index >= 15 is 0 Å². The van der Waals surface area contributed by atoms with E-state index in [0.717, 1.165) is 39.8 Å². The lowest BCUT2D eigenvalue weighted by atomic mass is 10.2. The highest BCUT2D eigenvalue weighted by Crippen LogP contribution is 2.24. The summed E-state index contributed by atoms with van der Waals surface area (Å²) >= 11 is 6.28. The normalized spacial score (nSPS) is 11.6. The standard InChI is InChI=1S/C26H23ClFN5O3S/c1-18-8-12-21(13-9-18)32(37(35,36)23-14-10-20(28)11-15-23)17-25(34)30-29-16-24-19(2)33(31-26(24)27)22-6-4-3-5-7-22/h3-16H,17H2,1-2H3,(H,30,34)/b29-16-. The van der Waals surface area contributed by atoms with E-state index in [9.17, 15) is 17.6 Å². The Labute approximate surface area is 219 Å². The number of nitrogens with one attached hydrogen (secondary N) is 1. The molecule has 0 spiro atoms. The van der Waals surface area contributed by atoms with Crippen LogP contribution in [-0.2, 0) is 14.8 Å². The number of aryl methyl sites for hydroxylation is 1. The van der Waals surface area contributed by atoms with Gasteiger partial charge >= 0.3 is 0 Å². The smallest absolute Gasteiger partial charge is 0.264 e. The lowest BCUT2D eigenvalue weighted by Crippen LogP contribution is -2.39. The Kier molecular flexibility index (Phi) is 7.70. The van der Waals surface area contributed by atoms with Crippen molar-refractivity contribution in [1.82, 2.24) is 15.2 Å².